The quantitative estimate of drug-likeness (QED) is 0.0309. The molecule has 4 amide bonds. The fourth-order valence-corrected chi connectivity index (χ4v) is 5.11. The Balaban J connectivity index is 1.54. The van der Waals surface area contributed by atoms with E-state index in [4.69, 9.17) is 23.7 Å². The second kappa shape index (κ2) is 18.5. The van der Waals surface area contributed by atoms with E-state index in [0.29, 0.717) is 10.5 Å². The van der Waals surface area contributed by atoms with Gasteiger partial charge in [0.1, 0.15) is 61.4 Å². The second-order valence-corrected chi connectivity index (χ2v) is 12.4. The number of aliphatic carboxylic acids is 1. The zero-order chi connectivity index (χ0) is 37.9. The first-order valence-corrected chi connectivity index (χ1v) is 16.8. The summed E-state index contributed by atoms with van der Waals surface area (Å²) in [7, 11) is -4.75. The van der Waals surface area contributed by atoms with Crippen molar-refractivity contribution in [1.29, 1.82) is 0 Å². The molecule has 21 nitrogen and oxygen atoms in total. The molecule has 3 rings (SSSR count). The molecule has 1 unspecified atom stereocenters. The monoisotopic (exact) mass is 747 g/mol. The SMILES string of the molecule is CCC(=O)OCc1ccc(O[C@@H]2O[C@H](C(=O)O)[C@@H](O)[C@H](O)[C@H]2O)cc1OCCOCCNC(=O)C(CS(=O)(=O)O)NC(=O)CN1C(=O)C=CC1=O. The number of imide groups is 1. The third kappa shape index (κ3) is 12.2. The summed E-state index contributed by atoms with van der Waals surface area (Å²) >= 11 is 0. The number of aliphatic hydroxyl groups is 3. The zero-order valence-corrected chi connectivity index (χ0v) is 27.7. The van der Waals surface area contributed by atoms with E-state index < -0.39 is 94.7 Å². The molecule has 0 saturated carbocycles. The fraction of sp³-hybridized carbons (Fsp3) is 0.517. The number of hydrogen-bond acceptors (Lipinski definition) is 16. The minimum Gasteiger partial charge on any atom is -0.491 e. The van der Waals surface area contributed by atoms with E-state index in [2.05, 4.69) is 10.6 Å². The molecule has 22 heteroatoms. The first-order chi connectivity index (χ1) is 24.0. The number of amides is 4. The first-order valence-electron chi connectivity index (χ1n) is 15.1. The van der Waals surface area contributed by atoms with Crippen LogP contribution in [0.5, 0.6) is 11.5 Å². The highest BCUT2D eigenvalue weighted by molar-refractivity contribution is 7.85. The van der Waals surface area contributed by atoms with Crippen molar-refractivity contribution >= 4 is 45.7 Å². The van der Waals surface area contributed by atoms with Gasteiger partial charge in [0.05, 0.1) is 13.2 Å². The van der Waals surface area contributed by atoms with Crippen molar-refractivity contribution in [3.63, 3.8) is 0 Å². The Morgan fingerprint density at radius 2 is 1.69 bits per heavy atom. The molecule has 6 atom stereocenters. The van der Waals surface area contributed by atoms with Gasteiger partial charge in [0.15, 0.2) is 6.10 Å². The summed E-state index contributed by atoms with van der Waals surface area (Å²) in [5.74, 6) is -6.87. The maximum absolute atomic E-state index is 12.6. The van der Waals surface area contributed by atoms with Gasteiger partial charge in [-0.05, 0) is 12.1 Å². The predicted molar refractivity (Wildman–Crippen MR) is 165 cm³/mol. The van der Waals surface area contributed by atoms with Crippen molar-refractivity contribution in [2.75, 3.05) is 38.7 Å². The number of carboxylic acid groups (broad SMARTS) is 1. The smallest absolute Gasteiger partial charge is 0.335 e. The van der Waals surface area contributed by atoms with Gasteiger partial charge in [-0.15, -0.1) is 0 Å². The maximum atomic E-state index is 12.6. The zero-order valence-electron chi connectivity index (χ0n) is 26.9. The lowest BCUT2D eigenvalue weighted by molar-refractivity contribution is -0.271. The van der Waals surface area contributed by atoms with Crippen LogP contribution in [0, 0.1) is 0 Å². The van der Waals surface area contributed by atoms with Crippen LogP contribution in [-0.2, 0) is 59.7 Å². The summed E-state index contributed by atoms with van der Waals surface area (Å²) in [6.07, 6.45) is -7.32. The average molecular weight is 748 g/mol. The van der Waals surface area contributed by atoms with Crippen molar-refractivity contribution in [3.8, 4) is 11.5 Å². The number of rotatable bonds is 19. The van der Waals surface area contributed by atoms with E-state index in [1.165, 1.54) is 18.2 Å². The summed E-state index contributed by atoms with van der Waals surface area (Å²) < 4.78 is 59.0. The molecule has 2 aliphatic rings. The Morgan fingerprint density at radius 3 is 2.31 bits per heavy atom. The number of benzene rings is 1. The molecular formula is C29H37N3O18S. The largest absolute Gasteiger partial charge is 0.491 e. The molecule has 2 aliphatic heterocycles. The molecule has 7 N–H and O–H groups in total. The Bertz CT molecular complexity index is 1580. The molecule has 2 heterocycles. The van der Waals surface area contributed by atoms with Crippen LogP contribution in [0.2, 0.25) is 0 Å². The topological polar surface area (TPSA) is 311 Å². The van der Waals surface area contributed by atoms with Crippen molar-refractivity contribution in [1.82, 2.24) is 15.5 Å². The van der Waals surface area contributed by atoms with Crippen LogP contribution in [0.4, 0.5) is 0 Å². The van der Waals surface area contributed by atoms with Crippen molar-refractivity contribution < 1.29 is 85.8 Å². The number of esters is 1. The summed E-state index contributed by atoms with van der Waals surface area (Å²) in [6, 6.07) is 2.33. The molecule has 1 saturated heterocycles. The van der Waals surface area contributed by atoms with E-state index in [-0.39, 0.29) is 50.9 Å². The van der Waals surface area contributed by atoms with Crippen molar-refractivity contribution in [2.45, 2.75) is 56.7 Å². The molecule has 282 valence electrons. The summed E-state index contributed by atoms with van der Waals surface area (Å²) in [6.45, 7) is -0.00272. The average Bonchev–Trinajstić information content (AvgIpc) is 3.38. The van der Waals surface area contributed by atoms with Crippen LogP contribution < -0.4 is 20.1 Å². The van der Waals surface area contributed by atoms with Gasteiger partial charge in [0.2, 0.25) is 18.1 Å². The number of nitrogens with one attached hydrogen (secondary N) is 2. The van der Waals surface area contributed by atoms with E-state index in [9.17, 15) is 62.2 Å². The van der Waals surface area contributed by atoms with Crippen molar-refractivity contribution in [2.24, 2.45) is 0 Å². The lowest BCUT2D eigenvalue weighted by Gasteiger charge is -2.38. The number of ether oxygens (including phenoxy) is 5. The van der Waals surface area contributed by atoms with Gasteiger partial charge < -0.3 is 54.7 Å². The minimum absolute atomic E-state index is 0.0298. The highest BCUT2D eigenvalue weighted by Gasteiger charge is 2.48. The van der Waals surface area contributed by atoms with Gasteiger partial charge in [0.25, 0.3) is 21.9 Å². The van der Waals surface area contributed by atoms with E-state index >= 15 is 0 Å². The number of hydrogen-bond donors (Lipinski definition) is 7. The van der Waals surface area contributed by atoms with Crippen LogP contribution in [-0.4, -0.2) is 149 Å². The van der Waals surface area contributed by atoms with Crippen LogP contribution in [0.15, 0.2) is 30.4 Å². The number of carbonyl (C=O) groups is 6. The van der Waals surface area contributed by atoms with Gasteiger partial charge in [-0.2, -0.15) is 8.42 Å². The Morgan fingerprint density at radius 1 is 1.00 bits per heavy atom. The molecule has 1 aromatic carbocycles. The van der Waals surface area contributed by atoms with Crippen LogP contribution >= 0.6 is 0 Å². The third-order valence-corrected chi connectivity index (χ3v) is 7.80. The highest BCUT2D eigenvalue weighted by Crippen LogP contribution is 2.29. The number of carboxylic acids is 1. The molecule has 0 radical (unpaired) electrons. The van der Waals surface area contributed by atoms with E-state index in [1.54, 1.807) is 6.92 Å². The van der Waals surface area contributed by atoms with Gasteiger partial charge >= 0.3 is 11.9 Å². The van der Waals surface area contributed by atoms with Crippen LogP contribution in [0.3, 0.4) is 0 Å². The summed E-state index contributed by atoms with van der Waals surface area (Å²) in [4.78, 5) is 71.9. The third-order valence-electron chi connectivity index (χ3n) is 7.04. The van der Waals surface area contributed by atoms with Gasteiger partial charge in [-0.3, -0.25) is 33.4 Å². The van der Waals surface area contributed by atoms with Gasteiger partial charge in [-0.25, -0.2) is 4.79 Å². The summed E-state index contributed by atoms with van der Waals surface area (Å²) in [5, 5.41) is 43.8. The number of nitrogens with zero attached hydrogens (tertiary/aromatic N) is 1. The molecule has 0 spiro atoms. The summed E-state index contributed by atoms with van der Waals surface area (Å²) in [5.41, 5.74) is 0.363. The number of carbonyl (C=O) groups excluding carboxylic acids is 5. The molecule has 1 fully saturated rings. The maximum Gasteiger partial charge on any atom is 0.335 e. The normalized spacial score (nSPS) is 22.3. The van der Waals surface area contributed by atoms with Crippen LogP contribution in [0.1, 0.15) is 18.9 Å². The Kier molecular flexibility index (Phi) is 14.8. The molecular weight excluding hydrogens is 710 g/mol. The standard InChI is InChI=1S/C29H37N3O18S/c1-2-22(36)48-13-15-3-4-16(49-29-25(39)23(37)24(38)26(50-29)28(41)42)11-18(15)47-10-9-46-8-7-30-27(40)17(14-51(43,44)45)31-19(33)12-32-20(34)5-6-21(32)35/h3-6,11,17,23-26,29,37-39H,2,7-10,12-14H2,1H3,(H,30,40)(H,31,33)(H,41,42)(H,43,44,45)/t17?,23-,24-,25+,26-,29+/m0/s1. The fourth-order valence-electron chi connectivity index (χ4n) is 4.45. The lowest BCUT2D eigenvalue weighted by atomic mass is 9.99. The first kappa shape index (κ1) is 40.7. The lowest BCUT2D eigenvalue weighted by Crippen LogP contribution is -2.61. The molecule has 0 aliphatic carbocycles. The molecule has 0 bridgehead atoms. The molecule has 51 heavy (non-hydrogen) atoms. The van der Waals surface area contributed by atoms with Crippen molar-refractivity contribution in [3.05, 3.63) is 35.9 Å². The van der Waals surface area contributed by atoms with E-state index in [0.717, 1.165) is 12.2 Å². The highest BCUT2D eigenvalue weighted by atomic mass is 32.2. The Labute approximate surface area is 289 Å². The van der Waals surface area contributed by atoms with Gasteiger partial charge in [0, 0.05) is 36.7 Å². The molecule has 1 aromatic rings. The molecule has 0 aromatic heterocycles. The van der Waals surface area contributed by atoms with Crippen LogP contribution in [0.25, 0.3) is 0 Å². The van der Waals surface area contributed by atoms with Gasteiger partial charge in [-0.1, -0.05) is 6.92 Å². The Hall–Kier alpha value is -4.71. The second-order valence-electron chi connectivity index (χ2n) is 10.9. The van der Waals surface area contributed by atoms with E-state index in [1.807, 2.05) is 0 Å². The predicted octanol–water partition coefficient (Wildman–Crippen LogP) is -3.78. The number of aliphatic hydroxyl groups excluding tert-OH is 3. The minimum atomic E-state index is -4.75.